The van der Waals surface area contributed by atoms with Crippen molar-refractivity contribution in [3.05, 3.63) is 23.8 Å². The Morgan fingerprint density at radius 1 is 1.38 bits per heavy atom. The number of carbonyl (C=O) groups is 1. The summed E-state index contributed by atoms with van der Waals surface area (Å²) in [6.45, 7) is 1.41. The molecule has 0 aromatic heterocycles. The number of rotatable bonds is 3. The molecule has 3 N–H and O–H groups in total. The van der Waals surface area contributed by atoms with Crippen molar-refractivity contribution in [2.24, 2.45) is 11.7 Å². The molecule has 114 valence electrons. The van der Waals surface area contributed by atoms with Gasteiger partial charge in [-0.15, -0.1) is 0 Å². The number of primary amides is 1. The standard InChI is InChI=1S/C14H19N3O3S/c15-14(18)10-6-8-17(9-10)21(19,20)13-5-1-4-12-11(13)3-2-7-16-12/h1,4-5,10,16H,2-3,6-9H2,(H2,15,18). The van der Waals surface area contributed by atoms with E-state index in [4.69, 9.17) is 5.73 Å². The molecule has 0 bridgehead atoms. The van der Waals surface area contributed by atoms with Gasteiger partial charge in [0, 0.05) is 25.3 Å². The smallest absolute Gasteiger partial charge is 0.243 e. The molecule has 0 spiro atoms. The minimum Gasteiger partial charge on any atom is -0.385 e. The molecular formula is C14H19N3O3S. The maximum atomic E-state index is 12.8. The Bertz CT molecular complexity index is 672. The predicted octanol–water partition coefficient (Wildman–Crippen LogP) is 0.541. The van der Waals surface area contributed by atoms with Crippen molar-refractivity contribution in [2.75, 3.05) is 25.0 Å². The Labute approximate surface area is 124 Å². The van der Waals surface area contributed by atoms with Crippen LogP contribution in [0, 0.1) is 5.92 Å². The van der Waals surface area contributed by atoms with Crippen molar-refractivity contribution in [1.82, 2.24) is 4.31 Å². The molecule has 1 unspecified atom stereocenters. The normalized spacial score (nSPS) is 22.6. The molecule has 0 aliphatic carbocycles. The van der Waals surface area contributed by atoms with Gasteiger partial charge in [0.05, 0.1) is 10.8 Å². The van der Waals surface area contributed by atoms with E-state index >= 15 is 0 Å². The molecule has 1 atom stereocenters. The highest BCUT2D eigenvalue weighted by molar-refractivity contribution is 7.89. The number of hydrogen-bond acceptors (Lipinski definition) is 4. The number of carbonyl (C=O) groups excluding carboxylic acids is 1. The van der Waals surface area contributed by atoms with Crippen molar-refractivity contribution >= 4 is 21.6 Å². The molecule has 1 aromatic rings. The fourth-order valence-corrected chi connectivity index (χ4v) is 4.81. The maximum Gasteiger partial charge on any atom is 0.243 e. The van der Waals surface area contributed by atoms with Crippen LogP contribution in [0.3, 0.4) is 0 Å². The summed E-state index contributed by atoms with van der Waals surface area (Å²) in [5.74, 6) is -0.804. The summed E-state index contributed by atoms with van der Waals surface area (Å²) >= 11 is 0. The zero-order valence-electron chi connectivity index (χ0n) is 11.7. The highest BCUT2D eigenvalue weighted by Crippen LogP contribution is 2.32. The van der Waals surface area contributed by atoms with E-state index in [-0.39, 0.29) is 12.5 Å². The van der Waals surface area contributed by atoms with Crippen LogP contribution in [-0.4, -0.2) is 38.3 Å². The van der Waals surface area contributed by atoms with Crippen LogP contribution in [0.4, 0.5) is 5.69 Å². The molecule has 1 amide bonds. The summed E-state index contributed by atoms with van der Waals surface area (Å²) in [4.78, 5) is 11.6. The first-order valence-corrected chi connectivity index (χ1v) is 8.59. The molecule has 1 fully saturated rings. The van der Waals surface area contributed by atoms with Crippen molar-refractivity contribution in [2.45, 2.75) is 24.2 Å². The Kier molecular flexibility index (Phi) is 3.62. The lowest BCUT2D eigenvalue weighted by Gasteiger charge is -2.23. The lowest BCUT2D eigenvalue weighted by molar-refractivity contribution is -0.121. The number of anilines is 1. The van der Waals surface area contributed by atoms with Gasteiger partial charge in [0.2, 0.25) is 15.9 Å². The van der Waals surface area contributed by atoms with Gasteiger partial charge < -0.3 is 11.1 Å². The van der Waals surface area contributed by atoms with Crippen LogP contribution in [0.5, 0.6) is 0 Å². The third-order valence-electron chi connectivity index (χ3n) is 4.22. The van der Waals surface area contributed by atoms with Gasteiger partial charge in [0.1, 0.15) is 0 Å². The Morgan fingerprint density at radius 2 is 2.19 bits per heavy atom. The molecule has 1 aromatic carbocycles. The van der Waals surface area contributed by atoms with Gasteiger partial charge in [0.15, 0.2) is 0 Å². The number of nitrogens with one attached hydrogen (secondary N) is 1. The van der Waals surface area contributed by atoms with Gasteiger partial charge in [-0.2, -0.15) is 4.31 Å². The van der Waals surface area contributed by atoms with Gasteiger partial charge >= 0.3 is 0 Å². The molecule has 2 aliphatic rings. The van der Waals surface area contributed by atoms with Gasteiger partial charge in [-0.25, -0.2) is 8.42 Å². The van der Waals surface area contributed by atoms with E-state index < -0.39 is 15.9 Å². The third-order valence-corrected chi connectivity index (χ3v) is 6.17. The van der Waals surface area contributed by atoms with Crippen molar-refractivity contribution in [1.29, 1.82) is 0 Å². The minimum atomic E-state index is -3.56. The lowest BCUT2D eigenvalue weighted by Crippen LogP contribution is -2.32. The second-order valence-corrected chi connectivity index (χ2v) is 7.47. The lowest BCUT2D eigenvalue weighted by atomic mass is 10.0. The molecule has 6 nitrogen and oxygen atoms in total. The molecule has 0 saturated carbocycles. The van der Waals surface area contributed by atoms with Crippen LogP contribution in [0.2, 0.25) is 0 Å². The quantitative estimate of drug-likeness (QED) is 0.852. The average Bonchev–Trinajstić information content (AvgIpc) is 2.97. The largest absolute Gasteiger partial charge is 0.385 e. The summed E-state index contributed by atoms with van der Waals surface area (Å²) < 4.78 is 27.0. The monoisotopic (exact) mass is 309 g/mol. The van der Waals surface area contributed by atoms with Crippen molar-refractivity contribution in [3.8, 4) is 0 Å². The van der Waals surface area contributed by atoms with Crippen LogP contribution >= 0.6 is 0 Å². The number of hydrogen-bond donors (Lipinski definition) is 2. The van der Waals surface area contributed by atoms with Crippen LogP contribution < -0.4 is 11.1 Å². The van der Waals surface area contributed by atoms with Crippen LogP contribution in [0.15, 0.2) is 23.1 Å². The maximum absolute atomic E-state index is 12.8. The summed E-state index contributed by atoms with van der Waals surface area (Å²) in [6, 6.07) is 5.31. The number of fused-ring (bicyclic) bond motifs is 1. The van der Waals surface area contributed by atoms with E-state index in [1.54, 1.807) is 12.1 Å². The van der Waals surface area contributed by atoms with Crippen molar-refractivity contribution in [3.63, 3.8) is 0 Å². The number of nitrogens with two attached hydrogens (primary N) is 1. The molecule has 7 heteroatoms. The Balaban J connectivity index is 1.95. The van der Waals surface area contributed by atoms with Gasteiger partial charge in [-0.05, 0) is 37.0 Å². The van der Waals surface area contributed by atoms with Crippen molar-refractivity contribution < 1.29 is 13.2 Å². The van der Waals surface area contributed by atoms with Gasteiger partial charge in [-0.3, -0.25) is 4.79 Å². The van der Waals surface area contributed by atoms with E-state index in [0.717, 1.165) is 30.6 Å². The van der Waals surface area contributed by atoms with Gasteiger partial charge in [0.25, 0.3) is 0 Å². The fraction of sp³-hybridized carbons (Fsp3) is 0.500. The Morgan fingerprint density at radius 3 is 2.90 bits per heavy atom. The zero-order valence-corrected chi connectivity index (χ0v) is 12.5. The topological polar surface area (TPSA) is 92.5 Å². The number of amides is 1. The third kappa shape index (κ3) is 2.51. The average molecular weight is 309 g/mol. The fourth-order valence-electron chi connectivity index (χ4n) is 3.04. The van der Waals surface area contributed by atoms with E-state index in [2.05, 4.69) is 5.32 Å². The van der Waals surface area contributed by atoms with E-state index in [0.29, 0.717) is 17.9 Å². The highest BCUT2D eigenvalue weighted by Gasteiger charge is 2.36. The second-order valence-electron chi connectivity index (χ2n) is 5.56. The first-order chi connectivity index (χ1) is 10.00. The van der Waals surface area contributed by atoms with E-state index in [1.165, 1.54) is 4.31 Å². The summed E-state index contributed by atoms with van der Waals surface area (Å²) in [6.07, 6.45) is 2.18. The summed E-state index contributed by atoms with van der Waals surface area (Å²) in [7, 11) is -3.56. The van der Waals surface area contributed by atoms with Crippen LogP contribution in [-0.2, 0) is 21.2 Å². The molecule has 0 radical (unpaired) electrons. The number of benzene rings is 1. The first kappa shape index (κ1) is 14.3. The zero-order chi connectivity index (χ0) is 15.0. The first-order valence-electron chi connectivity index (χ1n) is 7.15. The summed E-state index contributed by atoms with van der Waals surface area (Å²) in [5, 5.41) is 3.24. The number of nitrogens with zero attached hydrogens (tertiary/aromatic N) is 1. The number of sulfonamides is 1. The van der Waals surface area contributed by atoms with E-state index in [1.807, 2.05) is 6.07 Å². The Hall–Kier alpha value is -1.60. The SMILES string of the molecule is NC(=O)C1CCN(S(=O)(=O)c2cccc3c2CCCN3)C1. The van der Waals surface area contributed by atoms with Gasteiger partial charge in [-0.1, -0.05) is 6.07 Å². The van der Waals surface area contributed by atoms with Crippen LogP contribution in [0.1, 0.15) is 18.4 Å². The van der Waals surface area contributed by atoms with Crippen LogP contribution in [0.25, 0.3) is 0 Å². The molecule has 3 rings (SSSR count). The predicted molar refractivity (Wildman–Crippen MR) is 79.3 cm³/mol. The molecular weight excluding hydrogens is 290 g/mol. The molecule has 21 heavy (non-hydrogen) atoms. The molecule has 1 saturated heterocycles. The second kappa shape index (κ2) is 5.31. The molecule has 2 heterocycles. The highest BCUT2D eigenvalue weighted by atomic mass is 32.2. The summed E-state index contributed by atoms with van der Waals surface area (Å²) in [5.41, 5.74) is 7.03. The minimum absolute atomic E-state index is 0.189. The van der Waals surface area contributed by atoms with E-state index in [9.17, 15) is 13.2 Å². The molecule has 2 aliphatic heterocycles.